The maximum absolute atomic E-state index is 12.9. The summed E-state index contributed by atoms with van der Waals surface area (Å²) in [5.41, 5.74) is 9.00. The lowest BCUT2D eigenvalue weighted by Gasteiger charge is -2.20. The molecular formula is C20H24N4O3. The van der Waals surface area contributed by atoms with E-state index in [1.165, 1.54) is 0 Å². The number of aryl methyl sites for hydroxylation is 1. The van der Waals surface area contributed by atoms with Crippen LogP contribution >= 0.6 is 0 Å². The molecule has 4 rings (SSSR count). The van der Waals surface area contributed by atoms with E-state index in [9.17, 15) is 4.79 Å². The Morgan fingerprint density at radius 2 is 1.89 bits per heavy atom. The zero-order chi connectivity index (χ0) is 18.8. The number of rotatable bonds is 3. The largest absolute Gasteiger partial charge is 0.490 e. The summed E-state index contributed by atoms with van der Waals surface area (Å²) in [7, 11) is 0. The molecule has 3 N–H and O–H groups in total. The number of nitrogens with zero attached hydrogens (tertiary/aromatic N) is 2. The Morgan fingerprint density at radius 3 is 2.74 bits per heavy atom. The van der Waals surface area contributed by atoms with E-state index in [0.29, 0.717) is 18.9 Å². The SMILES string of the molecule is CC(NC(=O)c1nc(N)nc2c1CCCC2)c1ccc2c(c1)OCCCO2. The standard InChI is InChI=1S/C20H24N4O3/c1-12(13-7-8-16-17(11-13)27-10-4-9-26-16)22-19(25)18-14-5-2-3-6-15(14)23-20(21)24-18/h7-8,11-12H,2-6,9-10H2,1H3,(H,22,25)(H2,21,23,24). The Labute approximate surface area is 158 Å². The quantitative estimate of drug-likeness (QED) is 0.864. The second kappa shape index (κ2) is 7.42. The van der Waals surface area contributed by atoms with Crippen LogP contribution in [0.2, 0.25) is 0 Å². The first-order chi connectivity index (χ1) is 13.1. The smallest absolute Gasteiger partial charge is 0.270 e. The summed E-state index contributed by atoms with van der Waals surface area (Å²) in [6.07, 6.45) is 4.63. The maximum atomic E-state index is 12.9. The normalized spacial score (nSPS) is 16.8. The van der Waals surface area contributed by atoms with Gasteiger partial charge in [0, 0.05) is 17.7 Å². The molecule has 0 bridgehead atoms. The number of ether oxygens (including phenoxy) is 2. The molecular weight excluding hydrogens is 344 g/mol. The third-order valence-electron chi connectivity index (χ3n) is 5.03. The lowest BCUT2D eigenvalue weighted by Crippen LogP contribution is -2.30. The van der Waals surface area contributed by atoms with E-state index in [1.54, 1.807) is 0 Å². The highest BCUT2D eigenvalue weighted by atomic mass is 16.5. The Balaban J connectivity index is 1.55. The molecule has 2 aliphatic rings. The number of nitrogens with two attached hydrogens (primary N) is 1. The Kier molecular flexibility index (Phi) is 4.83. The lowest BCUT2D eigenvalue weighted by molar-refractivity contribution is 0.0933. The second-order valence-electron chi connectivity index (χ2n) is 7.01. The van der Waals surface area contributed by atoms with E-state index in [4.69, 9.17) is 15.2 Å². The van der Waals surface area contributed by atoms with E-state index in [2.05, 4.69) is 15.3 Å². The number of amides is 1. The van der Waals surface area contributed by atoms with Crippen LogP contribution in [0.25, 0.3) is 0 Å². The number of carbonyl (C=O) groups excluding carboxylic acids is 1. The zero-order valence-corrected chi connectivity index (χ0v) is 15.5. The van der Waals surface area contributed by atoms with Crippen LogP contribution in [0.4, 0.5) is 5.95 Å². The van der Waals surface area contributed by atoms with Crippen LogP contribution in [-0.2, 0) is 12.8 Å². The fourth-order valence-corrected chi connectivity index (χ4v) is 3.60. The second-order valence-corrected chi connectivity index (χ2v) is 7.01. The van der Waals surface area contributed by atoms with E-state index in [-0.39, 0.29) is 17.9 Å². The molecule has 0 radical (unpaired) electrons. The number of benzene rings is 1. The number of fused-ring (bicyclic) bond motifs is 2. The molecule has 0 fully saturated rings. The van der Waals surface area contributed by atoms with Gasteiger partial charge in [-0.2, -0.15) is 0 Å². The monoisotopic (exact) mass is 368 g/mol. The summed E-state index contributed by atoms with van der Waals surface area (Å²) in [5.74, 6) is 1.40. The van der Waals surface area contributed by atoms with Gasteiger partial charge in [0.25, 0.3) is 5.91 Å². The average Bonchev–Trinajstić information content (AvgIpc) is 2.91. The molecule has 0 saturated heterocycles. The summed E-state index contributed by atoms with van der Waals surface area (Å²) in [5, 5.41) is 3.03. The van der Waals surface area contributed by atoms with E-state index in [1.807, 2.05) is 25.1 Å². The van der Waals surface area contributed by atoms with Gasteiger partial charge in [-0.15, -0.1) is 0 Å². The highest BCUT2D eigenvalue weighted by Gasteiger charge is 2.23. The predicted molar refractivity (Wildman–Crippen MR) is 101 cm³/mol. The molecule has 1 atom stereocenters. The Morgan fingerprint density at radius 1 is 1.11 bits per heavy atom. The Hall–Kier alpha value is -2.83. The highest BCUT2D eigenvalue weighted by Crippen LogP contribution is 2.32. The molecule has 0 spiro atoms. The van der Waals surface area contributed by atoms with Crippen molar-refractivity contribution in [1.82, 2.24) is 15.3 Å². The predicted octanol–water partition coefficient (Wildman–Crippen LogP) is 2.59. The van der Waals surface area contributed by atoms with Gasteiger partial charge < -0.3 is 20.5 Å². The van der Waals surface area contributed by atoms with Crippen molar-refractivity contribution in [2.45, 2.75) is 45.1 Å². The molecule has 142 valence electrons. The first-order valence-corrected chi connectivity index (χ1v) is 9.47. The van der Waals surface area contributed by atoms with Crippen LogP contribution in [0, 0.1) is 0 Å². The van der Waals surface area contributed by atoms with Crippen molar-refractivity contribution < 1.29 is 14.3 Å². The van der Waals surface area contributed by atoms with Crippen molar-refractivity contribution in [1.29, 1.82) is 0 Å². The van der Waals surface area contributed by atoms with Crippen LogP contribution in [-0.4, -0.2) is 29.1 Å². The molecule has 1 aliphatic carbocycles. The summed E-state index contributed by atoms with van der Waals surface area (Å²) in [6.45, 7) is 3.22. The maximum Gasteiger partial charge on any atom is 0.270 e. The molecule has 2 aromatic rings. The molecule has 0 saturated carbocycles. The molecule has 1 amide bonds. The van der Waals surface area contributed by atoms with E-state index < -0.39 is 0 Å². The fraction of sp³-hybridized carbons (Fsp3) is 0.450. The van der Waals surface area contributed by atoms with Crippen molar-refractivity contribution >= 4 is 11.9 Å². The Bertz CT molecular complexity index is 869. The minimum absolute atomic E-state index is 0.157. The minimum atomic E-state index is -0.220. The third kappa shape index (κ3) is 3.67. The van der Waals surface area contributed by atoms with Crippen molar-refractivity contribution in [3.63, 3.8) is 0 Å². The first-order valence-electron chi connectivity index (χ1n) is 9.47. The van der Waals surface area contributed by atoms with Gasteiger partial charge in [-0.1, -0.05) is 6.07 Å². The molecule has 1 unspecified atom stereocenters. The van der Waals surface area contributed by atoms with Crippen LogP contribution in [0.1, 0.15) is 59.5 Å². The van der Waals surface area contributed by atoms with Crippen molar-refractivity contribution in [2.75, 3.05) is 18.9 Å². The van der Waals surface area contributed by atoms with Crippen LogP contribution in [0.15, 0.2) is 18.2 Å². The van der Waals surface area contributed by atoms with Gasteiger partial charge in [0.2, 0.25) is 5.95 Å². The van der Waals surface area contributed by atoms with Crippen LogP contribution in [0.3, 0.4) is 0 Å². The summed E-state index contributed by atoms with van der Waals surface area (Å²) in [6, 6.07) is 5.56. The number of anilines is 1. The molecule has 1 aromatic carbocycles. The van der Waals surface area contributed by atoms with Crippen molar-refractivity contribution in [3.8, 4) is 11.5 Å². The minimum Gasteiger partial charge on any atom is -0.490 e. The van der Waals surface area contributed by atoms with Crippen LogP contribution < -0.4 is 20.5 Å². The summed E-state index contributed by atoms with van der Waals surface area (Å²) < 4.78 is 11.4. The average molecular weight is 368 g/mol. The van der Waals surface area contributed by atoms with Gasteiger partial charge in [0.1, 0.15) is 5.69 Å². The van der Waals surface area contributed by atoms with Gasteiger partial charge in [-0.3, -0.25) is 4.79 Å². The first kappa shape index (κ1) is 17.6. The molecule has 27 heavy (non-hydrogen) atoms. The van der Waals surface area contributed by atoms with Crippen molar-refractivity contribution in [3.05, 3.63) is 40.7 Å². The molecule has 2 heterocycles. The number of nitrogen functional groups attached to an aromatic ring is 1. The molecule has 7 nitrogen and oxygen atoms in total. The number of nitrogens with one attached hydrogen (secondary N) is 1. The summed E-state index contributed by atoms with van der Waals surface area (Å²) in [4.78, 5) is 21.4. The summed E-state index contributed by atoms with van der Waals surface area (Å²) >= 11 is 0. The topological polar surface area (TPSA) is 99.4 Å². The van der Waals surface area contributed by atoms with Gasteiger partial charge in [-0.05, 0) is 50.3 Å². The van der Waals surface area contributed by atoms with Crippen molar-refractivity contribution in [2.24, 2.45) is 0 Å². The zero-order valence-electron chi connectivity index (χ0n) is 15.5. The van der Waals surface area contributed by atoms with E-state index >= 15 is 0 Å². The molecule has 1 aliphatic heterocycles. The van der Waals surface area contributed by atoms with Crippen LogP contribution in [0.5, 0.6) is 11.5 Å². The third-order valence-corrected chi connectivity index (χ3v) is 5.03. The number of carbonyl (C=O) groups is 1. The van der Waals surface area contributed by atoms with Gasteiger partial charge in [0.15, 0.2) is 11.5 Å². The number of aromatic nitrogens is 2. The fourth-order valence-electron chi connectivity index (χ4n) is 3.60. The lowest BCUT2D eigenvalue weighted by atomic mass is 9.94. The molecule has 7 heteroatoms. The van der Waals surface area contributed by atoms with Gasteiger partial charge in [0.05, 0.1) is 19.3 Å². The van der Waals surface area contributed by atoms with E-state index in [0.717, 1.165) is 60.4 Å². The molecule has 1 aromatic heterocycles. The number of hydrogen-bond donors (Lipinski definition) is 2. The highest BCUT2D eigenvalue weighted by molar-refractivity contribution is 5.94. The van der Waals surface area contributed by atoms with Gasteiger partial charge in [-0.25, -0.2) is 9.97 Å². The number of hydrogen-bond acceptors (Lipinski definition) is 6. The van der Waals surface area contributed by atoms with Gasteiger partial charge >= 0.3 is 0 Å².